The van der Waals surface area contributed by atoms with Crippen molar-refractivity contribution >= 4 is 11.9 Å². The minimum atomic E-state index is -0.388. The molecule has 3 unspecified atom stereocenters. The molecule has 2 rings (SSSR count). The summed E-state index contributed by atoms with van der Waals surface area (Å²) in [5.74, 6) is -1.45. The van der Waals surface area contributed by atoms with Gasteiger partial charge in [-0.1, -0.05) is 19.1 Å². The summed E-state index contributed by atoms with van der Waals surface area (Å²) in [6.45, 7) is 2.48. The Morgan fingerprint density at radius 2 is 2.04 bits per heavy atom. The summed E-state index contributed by atoms with van der Waals surface area (Å²) in [6.07, 6.45) is 0. The van der Waals surface area contributed by atoms with E-state index in [0.717, 1.165) is 5.56 Å². The molecule has 0 saturated carbocycles. The molecule has 2 N–H and O–H groups in total. The molecule has 1 aromatic carbocycles. The van der Waals surface area contributed by atoms with Gasteiger partial charge in [-0.2, -0.15) is 0 Å². The minimum absolute atomic E-state index is 0.0763. The van der Waals surface area contributed by atoms with E-state index >= 15 is 0 Å². The highest BCUT2D eigenvalue weighted by Crippen LogP contribution is 2.26. The molecule has 0 aliphatic carbocycles. The number of hydrazine groups is 1. The highest BCUT2D eigenvalue weighted by Gasteiger charge is 2.36. The van der Waals surface area contributed by atoms with Crippen LogP contribution in [0.1, 0.15) is 18.5 Å². The molecule has 3 atom stereocenters. The number of amides is 1. The van der Waals surface area contributed by atoms with Crippen LogP contribution in [0.4, 0.5) is 4.39 Å². The molecule has 0 bridgehead atoms. The fraction of sp³-hybridized carbons (Fsp3) is 0.500. The van der Waals surface area contributed by atoms with E-state index in [1.807, 2.05) is 0 Å². The van der Waals surface area contributed by atoms with Crippen LogP contribution in [0.5, 0.6) is 0 Å². The zero-order valence-electron chi connectivity index (χ0n) is 13.5. The number of rotatable bonds is 5. The summed E-state index contributed by atoms with van der Waals surface area (Å²) in [5.41, 5.74) is 6.87. The molecular weight excluding hydrogens is 301 g/mol. The summed E-state index contributed by atoms with van der Waals surface area (Å²) in [5, 5.41) is 0. The van der Waals surface area contributed by atoms with Gasteiger partial charge in [-0.3, -0.25) is 15.0 Å². The quantitative estimate of drug-likeness (QED) is 0.787. The van der Waals surface area contributed by atoms with Gasteiger partial charge in [0.25, 0.3) is 0 Å². The Morgan fingerprint density at radius 3 is 2.65 bits per heavy atom. The maximum Gasteiger partial charge on any atom is 0.310 e. The first kappa shape index (κ1) is 17.4. The van der Waals surface area contributed by atoms with Crippen LogP contribution in [0.15, 0.2) is 24.3 Å². The van der Waals surface area contributed by atoms with E-state index in [9.17, 15) is 14.0 Å². The van der Waals surface area contributed by atoms with Crippen LogP contribution < -0.4 is 10.9 Å². The Kier molecular flexibility index (Phi) is 5.68. The molecule has 1 heterocycles. The molecular formula is C16H22FN3O3. The van der Waals surface area contributed by atoms with Crippen LogP contribution in [0.2, 0.25) is 0 Å². The third-order valence-corrected chi connectivity index (χ3v) is 4.06. The van der Waals surface area contributed by atoms with Gasteiger partial charge in [0.2, 0.25) is 5.91 Å². The van der Waals surface area contributed by atoms with Crippen LogP contribution in [-0.4, -0.2) is 44.0 Å². The number of ether oxygens (including phenoxy) is 1. The lowest BCUT2D eigenvalue weighted by Crippen LogP contribution is -2.40. The van der Waals surface area contributed by atoms with Gasteiger partial charge in [-0.25, -0.2) is 9.82 Å². The highest BCUT2D eigenvalue weighted by atomic mass is 19.1. The average Bonchev–Trinajstić information content (AvgIpc) is 3.03. The molecule has 6 nitrogen and oxygen atoms in total. The van der Waals surface area contributed by atoms with Crippen molar-refractivity contribution in [3.05, 3.63) is 35.6 Å². The second-order valence-corrected chi connectivity index (χ2v) is 5.80. The van der Waals surface area contributed by atoms with E-state index in [0.29, 0.717) is 6.54 Å². The SMILES string of the molecule is COC(=O)C(C)CN(C)C(=O)C1CNNC1c1ccc(F)cc1. The Morgan fingerprint density at radius 1 is 1.39 bits per heavy atom. The van der Waals surface area contributed by atoms with Crippen molar-refractivity contribution in [2.24, 2.45) is 11.8 Å². The lowest BCUT2D eigenvalue weighted by molar-refractivity contribution is -0.146. The second-order valence-electron chi connectivity index (χ2n) is 5.80. The normalized spacial score (nSPS) is 21.7. The maximum atomic E-state index is 13.1. The molecule has 0 radical (unpaired) electrons. The Balaban J connectivity index is 2.05. The van der Waals surface area contributed by atoms with Crippen molar-refractivity contribution in [1.82, 2.24) is 15.8 Å². The van der Waals surface area contributed by atoms with Gasteiger partial charge in [0.05, 0.1) is 25.0 Å². The highest BCUT2D eigenvalue weighted by molar-refractivity contribution is 5.81. The van der Waals surface area contributed by atoms with Crippen LogP contribution in [-0.2, 0) is 14.3 Å². The van der Waals surface area contributed by atoms with Gasteiger partial charge in [-0.15, -0.1) is 0 Å². The van der Waals surface area contributed by atoms with Crippen molar-refractivity contribution in [3.8, 4) is 0 Å². The average molecular weight is 323 g/mol. The number of carbonyl (C=O) groups is 2. The van der Waals surface area contributed by atoms with Crippen molar-refractivity contribution in [2.75, 3.05) is 27.2 Å². The number of hydrogen-bond donors (Lipinski definition) is 2. The Hall–Kier alpha value is -1.99. The molecule has 1 saturated heterocycles. The fourth-order valence-electron chi connectivity index (χ4n) is 2.77. The molecule has 0 aromatic heterocycles. The third-order valence-electron chi connectivity index (χ3n) is 4.06. The predicted molar refractivity (Wildman–Crippen MR) is 82.6 cm³/mol. The van der Waals surface area contributed by atoms with Crippen LogP contribution in [0, 0.1) is 17.7 Å². The monoisotopic (exact) mass is 323 g/mol. The summed E-state index contributed by atoms with van der Waals surface area (Å²) in [7, 11) is 3.00. The number of methoxy groups -OCH3 is 1. The first-order valence-electron chi connectivity index (χ1n) is 7.50. The van der Waals surface area contributed by atoms with Gasteiger partial charge in [0.1, 0.15) is 5.82 Å². The standard InChI is InChI=1S/C16H22FN3O3/c1-10(16(22)23-3)9-20(2)15(21)13-8-18-19-14(13)11-4-6-12(17)7-5-11/h4-7,10,13-14,18-19H,8-9H2,1-3H3. The van der Waals surface area contributed by atoms with E-state index in [2.05, 4.69) is 15.6 Å². The van der Waals surface area contributed by atoms with Gasteiger partial charge in [0.15, 0.2) is 0 Å². The van der Waals surface area contributed by atoms with Crippen molar-refractivity contribution in [2.45, 2.75) is 13.0 Å². The molecule has 1 amide bonds. The van der Waals surface area contributed by atoms with Crippen LogP contribution in [0.3, 0.4) is 0 Å². The van der Waals surface area contributed by atoms with Crippen LogP contribution >= 0.6 is 0 Å². The van der Waals surface area contributed by atoms with E-state index in [1.54, 1.807) is 26.1 Å². The number of halogens is 1. The maximum absolute atomic E-state index is 13.1. The number of nitrogens with zero attached hydrogens (tertiary/aromatic N) is 1. The lowest BCUT2D eigenvalue weighted by Gasteiger charge is -2.26. The summed E-state index contributed by atoms with van der Waals surface area (Å²) in [6, 6.07) is 5.84. The van der Waals surface area contributed by atoms with Gasteiger partial charge in [-0.05, 0) is 17.7 Å². The number of nitrogens with one attached hydrogen (secondary N) is 2. The largest absolute Gasteiger partial charge is 0.469 e. The number of esters is 1. The van der Waals surface area contributed by atoms with Crippen molar-refractivity contribution in [1.29, 1.82) is 0 Å². The van der Waals surface area contributed by atoms with Gasteiger partial charge >= 0.3 is 5.97 Å². The number of benzene rings is 1. The van der Waals surface area contributed by atoms with Gasteiger partial charge < -0.3 is 9.64 Å². The zero-order chi connectivity index (χ0) is 17.0. The van der Waals surface area contributed by atoms with E-state index < -0.39 is 0 Å². The zero-order valence-corrected chi connectivity index (χ0v) is 13.5. The first-order valence-corrected chi connectivity index (χ1v) is 7.50. The molecule has 23 heavy (non-hydrogen) atoms. The third kappa shape index (κ3) is 4.05. The molecule has 126 valence electrons. The summed E-state index contributed by atoms with van der Waals surface area (Å²) in [4.78, 5) is 25.7. The minimum Gasteiger partial charge on any atom is -0.469 e. The molecule has 1 aromatic rings. The van der Waals surface area contributed by atoms with Gasteiger partial charge in [0, 0.05) is 20.1 Å². The topological polar surface area (TPSA) is 70.7 Å². The van der Waals surface area contributed by atoms with E-state index in [-0.39, 0.29) is 42.1 Å². The molecule has 1 aliphatic rings. The van der Waals surface area contributed by atoms with E-state index in [4.69, 9.17) is 0 Å². The summed E-state index contributed by atoms with van der Waals surface area (Å²) < 4.78 is 17.7. The molecule has 1 aliphatic heterocycles. The fourth-order valence-corrected chi connectivity index (χ4v) is 2.77. The lowest BCUT2D eigenvalue weighted by atomic mass is 9.93. The molecule has 0 spiro atoms. The predicted octanol–water partition coefficient (Wildman–Crippen LogP) is 0.858. The number of carbonyl (C=O) groups excluding carboxylic acids is 2. The first-order chi connectivity index (χ1) is 10.9. The van der Waals surface area contributed by atoms with Crippen LogP contribution in [0.25, 0.3) is 0 Å². The summed E-state index contributed by atoms with van der Waals surface area (Å²) >= 11 is 0. The molecule has 1 fully saturated rings. The van der Waals surface area contributed by atoms with Crippen molar-refractivity contribution in [3.63, 3.8) is 0 Å². The second kappa shape index (κ2) is 7.52. The van der Waals surface area contributed by atoms with E-state index in [1.165, 1.54) is 24.1 Å². The number of hydrogen-bond acceptors (Lipinski definition) is 5. The van der Waals surface area contributed by atoms with Crippen molar-refractivity contribution < 1.29 is 18.7 Å². The Labute approximate surface area is 135 Å². The smallest absolute Gasteiger partial charge is 0.310 e. The Bertz CT molecular complexity index is 564. The molecule has 7 heteroatoms.